The van der Waals surface area contributed by atoms with E-state index in [2.05, 4.69) is 5.32 Å². The third kappa shape index (κ3) is 4.24. The third-order valence-electron chi connectivity index (χ3n) is 3.45. The maximum atomic E-state index is 11.0. The number of ether oxygens (including phenoxy) is 1. The Labute approximate surface area is 113 Å². The highest BCUT2D eigenvalue weighted by molar-refractivity contribution is 5.88. The summed E-state index contributed by atoms with van der Waals surface area (Å²) in [6.45, 7) is 1.79. The first-order valence-electron chi connectivity index (χ1n) is 6.80. The zero-order chi connectivity index (χ0) is 13.7. The summed E-state index contributed by atoms with van der Waals surface area (Å²) in [6.07, 6.45) is 4.93. The van der Waals surface area contributed by atoms with Gasteiger partial charge in [-0.25, -0.2) is 0 Å². The van der Waals surface area contributed by atoms with Crippen molar-refractivity contribution in [3.05, 3.63) is 24.3 Å². The maximum Gasteiger partial charge on any atom is 0.221 e. The molecule has 0 unspecified atom stereocenters. The van der Waals surface area contributed by atoms with Crippen molar-refractivity contribution in [2.75, 3.05) is 11.9 Å². The van der Waals surface area contributed by atoms with Crippen molar-refractivity contribution < 1.29 is 14.6 Å². The van der Waals surface area contributed by atoms with E-state index >= 15 is 0 Å². The van der Waals surface area contributed by atoms with Crippen LogP contribution in [0.1, 0.15) is 39.0 Å². The van der Waals surface area contributed by atoms with E-state index < -0.39 is 5.60 Å². The number of amides is 1. The smallest absolute Gasteiger partial charge is 0.221 e. The van der Waals surface area contributed by atoms with Crippen molar-refractivity contribution in [3.63, 3.8) is 0 Å². The van der Waals surface area contributed by atoms with Gasteiger partial charge in [-0.05, 0) is 25.0 Å². The van der Waals surface area contributed by atoms with Gasteiger partial charge in [-0.1, -0.05) is 25.3 Å². The summed E-state index contributed by atoms with van der Waals surface area (Å²) in [4.78, 5) is 11.0. The summed E-state index contributed by atoms with van der Waals surface area (Å²) in [5, 5.41) is 13.1. The molecule has 0 radical (unpaired) electrons. The van der Waals surface area contributed by atoms with E-state index in [9.17, 15) is 9.90 Å². The van der Waals surface area contributed by atoms with Crippen LogP contribution in [0.2, 0.25) is 0 Å². The average molecular weight is 263 g/mol. The molecule has 2 rings (SSSR count). The lowest BCUT2D eigenvalue weighted by molar-refractivity contribution is -0.114. The molecule has 0 saturated heterocycles. The van der Waals surface area contributed by atoms with Crippen LogP contribution < -0.4 is 10.1 Å². The van der Waals surface area contributed by atoms with Gasteiger partial charge >= 0.3 is 0 Å². The van der Waals surface area contributed by atoms with Crippen LogP contribution in [0.4, 0.5) is 5.69 Å². The molecule has 19 heavy (non-hydrogen) atoms. The molecule has 0 aliphatic heterocycles. The van der Waals surface area contributed by atoms with Gasteiger partial charge in [0, 0.05) is 18.7 Å². The van der Waals surface area contributed by atoms with E-state index in [-0.39, 0.29) is 5.91 Å². The number of hydrogen-bond acceptors (Lipinski definition) is 3. The van der Waals surface area contributed by atoms with E-state index in [1.165, 1.54) is 13.3 Å². The number of carbonyl (C=O) groups is 1. The van der Waals surface area contributed by atoms with Crippen LogP contribution in [-0.4, -0.2) is 23.2 Å². The van der Waals surface area contributed by atoms with Gasteiger partial charge in [-0.3, -0.25) is 4.79 Å². The molecule has 1 aliphatic rings. The van der Waals surface area contributed by atoms with Gasteiger partial charge in [0.05, 0.1) is 5.60 Å². The van der Waals surface area contributed by atoms with E-state index in [0.29, 0.717) is 18.0 Å². The topological polar surface area (TPSA) is 58.6 Å². The van der Waals surface area contributed by atoms with Crippen LogP contribution in [0.15, 0.2) is 24.3 Å². The monoisotopic (exact) mass is 263 g/mol. The minimum Gasteiger partial charge on any atom is -0.491 e. The Morgan fingerprint density at radius 3 is 2.79 bits per heavy atom. The van der Waals surface area contributed by atoms with Crippen molar-refractivity contribution in [1.82, 2.24) is 0 Å². The molecule has 1 aromatic carbocycles. The number of carbonyl (C=O) groups excluding carboxylic acids is 1. The molecule has 0 atom stereocenters. The molecule has 4 nitrogen and oxygen atoms in total. The summed E-state index contributed by atoms with van der Waals surface area (Å²) in [5.74, 6) is 0.563. The lowest BCUT2D eigenvalue weighted by atomic mass is 9.85. The van der Waals surface area contributed by atoms with Gasteiger partial charge in [0.2, 0.25) is 5.91 Å². The molecule has 1 amide bonds. The van der Waals surface area contributed by atoms with Crippen molar-refractivity contribution in [2.45, 2.75) is 44.6 Å². The molecule has 1 saturated carbocycles. The first kappa shape index (κ1) is 13.9. The number of rotatable bonds is 4. The molecular weight excluding hydrogens is 242 g/mol. The number of anilines is 1. The summed E-state index contributed by atoms with van der Waals surface area (Å²) in [5.41, 5.74) is 0.0167. The maximum absolute atomic E-state index is 11.0. The Kier molecular flexibility index (Phi) is 4.43. The Morgan fingerprint density at radius 2 is 2.11 bits per heavy atom. The predicted octanol–water partition coefficient (Wildman–Crippen LogP) is 2.72. The van der Waals surface area contributed by atoms with Crippen molar-refractivity contribution in [2.24, 2.45) is 0 Å². The second kappa shape index (κ2) is 6.06. The minimum absolute atomic E-state index is 0.108. The quantitative estimate of drug-likeness (QED) is 0.878. The first-order valence-corrected chi connectivity index (χ1v) is 6.80. The predicted molar refractivity (Wildman–Crippen MR) is 74.3 cm³/mol. The highest BCUT2D eigenvalue weighted by Crippen LogP contribution is 2.29. The molecule has 2 N–H and O–H groups in total. The second-order valence-corrected chi connectivity index (χ2v) is 5.28. The molecule has 0 bridgehead atoms. The van der Waals surface area contributed by atoms with Crippen LogP contribution in [0, 0.1) is 0 Å². The normalized spacial score (nSPS) is 17.8. The second-order valence-electron chi connectivity index (χ2n) is 5.28. The molecule has 1 aromatic rings. The zero-order valence-corrected chi connectivity index (χ0v) is 11.3. The van der Waals surface area contributed by atoms with Crippen LogP contribution in [0.5, 0.6) is 5.75 Å². The SMILES string of the molecule is CC(=O)Nc1cccc(OCC2(O)CCCCC2)c1. The summed E-state index contributed by atoms with van der Waals surface area (Å²) in [6, 6.07) is 7.24. The van der Waals surface area contributed by atoms with Crippen molar-refractivity contribution in [1.29, 1.82) is 0 Å². The lowest BCUT2D eigenvalue weighted by Gasteiger charge is -2.31. The van der Waals surface area contributed by atoms with Gasteiger partial charge in [0.1, 0.15) is 12.4 Å². The van der Waals surface area contributed by atoms with Crippen molar-refractivity contribution >= 4 is 11.6 Å². The van der Waals surface area contributed by atoms with E-state index in [0.717, 1.165) is 25.7 Å². The molecule has 0 aromatic heterocycles. The highest BCUT2D eigenvalue weighted by atomic mass is 16.5. The number of hydrogen-bond donors (Lipinski definition) is 2. The number of benzene rings is 1. The van der Waals surface area contributed by atoms with Crippen LogP contribution in [0.3, 0.4) is 0 Å². The van der Waals surface area contributed by atoms with Crippen LogP contribution >= 0.6 is 0 Å². The summed E-state index contributed by atoms with van der Waals surface area (Å²) < 4.78 is 5.67. The van der Waals surface area contributed by atoms with Gasteiger partial charge < -0.3 is 15.2 Å². The average Bonchev–Trinajstić information content (AvgIpc) is 2.37. The van der Waals surface area contributed by atoms with Crippen LogP contribution in [-0.2, 0) is 4.79 Å². The Bertz CT molecular complexity index is 439. The number of aliphatic hydroxyl groups is 1. The highest BCUT2D eigenvalue weighted by Gasteiger charge is 2.29. The Morgan fingerprint density at radius 1 is 1.37 bits per heavy atom. The fourth-order valence-corrected chi connectivity index (χ4v) is 2.44. The first-order chi connectivity index (χ1) is 9.07. The fourth-order valence-electron chi connectivity index (χ4n) is 2.44. The molecular formula is C15H21NO3. The Hall–Kier alpha value is -1.55. The van der Waals surface area contributed by atoms with Crippen LogP contribution in [0.25, 0.3) is 0 Å². The van der Waals surface area contributed by atoms with E-state index in [4.69, 9.17) is 4.74 Å². The number of nitrogens with one attached hydrogen (secondary N) is 1. The third-order valence-corrected chi connectivity index (χ3v) is 3.45. The fraction of sp³-hybridized carbons (Fsp3) is 0.533. The molecule has 0 spiro atoms. The standard InChI is InChI=1S/C15H21NO3/c1-12(17)16-13-6-5-7-14(10-13)19-11-15(18)8-3-2-4-9-15/h5-7,10,18H,2-4,8-9,11H2,1H3,(H,16,17). The molecule has 4 heteroatoms. The minimum atomic E-state index is -0.692. The lowest BCUT2D eigenvalue weighted by Crippen LogP contribution is -2.37. The zero-order valence-electron chi connectivity index (χ0n) is 11.3. The molecule has 104 valence electrons. The van der Waals surface area contributed by atoms with Gasteiger partial charge in [-0.2, -0.15) is 0 Å². The van der Waals surface area contributed by atoms with Gasteiger partial charge in [0.15, 0.2) is 0 Å². The molecule has 0 heterocycles. The molecule has 1 fully saturated rings. The van der Waals surface area contributed by atoms with E-state index in [1.54, 1.807) is 6.07 Å². The van der Waals surface area contributed by atoms with Crippen molar-refractivity contribution in [3.8, 4) is 5.75 Å². The summed E-state index contributed by atoms with van der Waals surface area (Å²) in [7, 11) is 0. The molecule has 1 aliphatic carbocycles. The van der Waals surface area contributed by atoms with E-state index in [1.807, 2.05) is 18.2 Å². The summed E-state index contributed by atoms with van der Waals surface area (Å²) >= 11 is 0. The Balaban J connectivity index is 1.93. The largest absolute Gasteiger partial charge is 0.491 e. The van der Waals surface area contributed by atoms with Gasteiger partial charge in [0.25, 0.3) is 0 Å². The van der Waals surface area contributed by atoms with Gasteiger partial charge in [-0.15, -0.1) is 0 Å².